The lowest BCUT2D eigenvalue weighted by Gasteiger charge is -2.33. The van der Waals surface area contributed by atoms with Gasteiger partial charge in [0.15, 0.2) is 5.96 Å². The number of thiazole rings is 1. The Morgan fingerprint density at radius 1 is 1.19 bits per heavy atom. The number of pyridine rings is 1. The van der Waals surface area contributed by atoms with Gasteiger partial charge in [0, 0.05) is 50.8 Å². The number of likely N-dealkylation sites (N-methyl/N-ethyl adjacent to an activating group) is 1. The lowest BCUT2D eigenvalue weighted by atomic mass is 10.2. The van der Waals surface area contributed by atoms with Gasteiger partial charge in [0.05, 0.1) is 17.2 Å². The van der Waals surface area contributed by atoms with Gasteiger partial charge in [0.1, 0.15) is 5.82 Å². The highest BCUT2D eigenvalue weighted by Crippen LogP contribution is 2.17. The fraction of sp³-hybridized carbons (Fsp3) is 0.526. The molecule has 7 nitrogen and oxygen atoms in total. The summed E-state index contributed by atoms with van der Waals surface area (Å²) < 4.78 is 0. The molecule has 1 aliphatic heterocycles. The van der Waals surface area contributed by atoms with E-state index in [4.69, 9.17) is 0 Å². The van der Waals surface area contributed by atoms with Crippen LogP contribution in [0.1, 0.15) is 21.1 Å². The largest absolute Gasteiger partial charge is 0.354 e. The maximum Gasteiger partial charge on any atom is 0.191 e. The highest BCUT2D eigenvalue weighted by atomic mass is 32.1. The monoisotopic (exact) mass is 387 g/mol. The minimum atomic E-state index is 0.712. The average molecular weight is 388 g/mol. The van der Waals surface area contributed by atoms with Crippen LogP contribution in [0, 0.1) is 13.8 Å². The summed E-state index contributed by atoms with van der Waals surface area (Å²) in [5.41, 5.74) is 2.29. The lowest BCUT2D eigenvalue weighted by Crippen LogP contribution is -2.44. The molecule has 8 heteroatoms. The van der Waals surface area contributed by atoms with Gasteiger partial charge in [-0.1, -0.05) is 0 Å². The topological polar surface area (TPSA) is 68.7 Å². The van der Waals surface area contributed by atoms with Gasteiger partial charge >= 0.3 is 0 Å². The minimum absolute atomic E-state index is 0.712. The Kier molecular flexibility index (Phi) is 6.63. The summed E-state index contributed by atoms with van der Waals surface area (Å²) in [6.07, 6.45) is 1.89. The van der Waals surface area contributed by atoms with E-state index in [-0.39, 0.29) is 0 Å². The molecule has 3 rings (SSSR count). The number of rotatable bonds is 5. The molecule has 0 aromatic carbocycles. The normalized spacial score (nSPS) is 15.9. The molecule has 0 radical (unpaired) electrons. The zero-order valence-electron chi connectivity index (χ0n) is 16.6. The van der Waals surface area contributed by atoms with E-state index in [2.05, 4.69) is 54.6 Å². The van der Waals surface area contributed by atoms with Crippen LogP contribution in [0.3, 0.4) is 0 Å². The van der Waals surface area contributed by atoms with Crippen molar-refractivity contribution in [3.8, 4) is 0 Å². The molecule has 146 valence electrons. The Morgan fingerprint density at radius 2 is 1.93 bits per heavy atom. The number of hydrogen-bond donors (Lipinski definition) is 2. The van der Waals surface area contributed by atoms with Gasteiger partial charge in [-0.15, -0.1) is 11.3 Å². The summed E-state index contributed by atoms with van der Waals surface area (Å²) >= 11 is 1.73. The number of nitrogens with one attached hydrogen (secondary N) is 2. The van der Waals surface area contributed by atoms with Gasteiger partial charge in [-0.25, -0.2) is 9.97 Å². The van der Waals surface area contributed by atoms with E-state index in [0.29, 0.717) is 6.54 Å². The molecule has 0 bridgehead atoms. The van der Waals surface area contributed by atoms with Crippen LogP contribution < -0.4 is 15.5 Å². The number of piperazine rings is 1. The van der Waals surface area contributed by atoms with Gasteiger partial charge in [0.25, 0.3) is 0 Å². The number of nitrogens with zero attached hydrogens (tertiary/aromatic N) is 5. The first-order valence-corrected chi connectivity index (χ1v) is 10.1. The quantitative estimate of drug-likeness (QED) is 0.602. The lowest BCUT2D eigenvalue weighted by molar-refractivity contribution is 0.312. The number of hydrogen-bond acceptors (Lipinski definition) is 6. The molecule has 2 N–H and O–H groups in total. The van der Waals surface area contributed by atoms with Crippen LogP contribution in [0.25, 0.3) is 0 Å². The minimum Gasteiger partial charge on any atom is -0.354 e. The van der Waals surface area contributed by atoms with Gasteiger partial charge in [-0.2, -0.15) is 0 Å². The molecule has 0 spiro atoms. The Balaban J connectivity index is 1.53. The van der Waals surface area contributed by atoms with Crippen molar-refractivity contribution in [2.45, 2.75) is 26.9 Å². The van der Waals surface area contributed by atoms with E-state index in [1.807, 2.05) is 20.0 Å². The third-order valence-electron chi connectivity index (χ3n) is 4.74. The molecule has 0 unspecified atom stereocenters. The van der Waals surface area contributed by atoms with Crippen LogP contribution >= 0.6 is 11.3 Å². The molecular formula is C19H29N7S. The van der Waals surface area contributed by atoms with E-state index in [1.165, 1.54) is 10.4 Å². The smallest absolute Gasteiger partial charge is 0.191 e. The van der Waals surface area contributed by atoms with Gasteiger partial charge in [0.2, 0.25) is 0 Å². The van der Waals surface area contributed by atoms with E-state index in [1.54, 1.807) is 18.4 Å². The maximum atomic E-state index is 4.55. The van der Waals surface area contributed by atoms with E-state index in [9.17, 15) is 0 Å². The zero-order valence-corrected chi connectivity index (χ0v) is 17.4. The van der Waals surface area contributed by atoms with Crippen molar-refractivity contribution in [1.82, 2.24) is 25.5 Å². The summed E-state index contributed by atoms with van der Waals surface area (Å²) in [5, 5.41) is 7.86. The van der Waals surface area contributed by atoms with Crippen LogP contribution in [0.2, 0.25) is 0 Å². The van der Waals surface area contributed by atoms with Crippen molar-refractivity contribution in [1.29, 1.82) is 0 Å². The summed E-state index contributed by atoms with van der Waals surface area (Å²) in [5.74, 6) is 1.85. The molecule has 1 saturated heterocycles. The van der Waals surface area contributed by atoms with Crippen molar-refractivity contribution >= 4 is 23.1 Å². The highest BCUT2D eigenvalue weighted by Gasteiger charge is 2.15. The third kappa shape index (κ3) is 5.40. The van der Waals surface area contributed by atoms with Crippen LogP contribution in [-0.2, 0) is 13.1 Å². The first kappa shape index (κ1) is 19.6. The second kappa shape index (κ2) is 9.14. The van der Waals surface area contributed by atoms with Crippen molar-refractivity contribution in [3.63, 3.8) is 0 Å². The molecule has 2 aromatic rings. The molecule has 0 atom stereocenters. The molecule has 0 amide bonds. The van der Waals surface area contributed by atoms with Crippen molar-refractivity contribution in [2.75, 3.05) is 45.2 Å². The molecule has 27 heavy (non-hydrogen) atoms. The first-order valence-electron chi connectivity index (χ1n) is 9.31. The molecule has 0 aliphatic carbocycles. The first-order chi connectivity index (χ1) is 13.0. The number of aliphatic imine (C=N–C) groups is 1. The average Bonchev–Trinajstić information content (AvgIpc) is 3.00. The molecular weight excluding hydrogens is 358 g/mol. The second-order valence-corrected chi connectivity index (χ2v) is 8.12. The Morgan fingerprint density at radius 3 is 2.59 bits per heavy atom. The fourth-order valence-corrected chi connectivity index (χ4v) is 3.96. The standard InChI is InChI=1S/C19H29N7S/c1-14-17(27-15(2)24-14)13-23-19(20-3)22-12-16-5-6-21-18(11-16)26-9-7-25(4)8-10-26/h5-6,11H,7-10,12-13H2,1-4H3,(H2,20,22,23). The van der Waals surface area contributed by atoms with E-state index < -0.39 is 0 Å². The van der Waals surface area contributed by atoms with Crippen LogP contribution in [0.5, 0.6) is 0 Å². The van der Waals surface area contributed by atoms with Crippen molar-refractivity contribution in [2.24, 2.45) is 4.99 Å². The van der Waals surface area contributed by atoms with Crippen LogP contribution in [0.15, 0.2) is 23.3 Å². The number of anilines is 1. The maximum absolute atomic E-state index is 4.55. The van der Waals surface area contributed by atoms with Gasteiger partial charge in [-0.05, 0) is 38.6 Å². The molecule has 2 aromatic heterocycles. The summed E-state index contributed by atoms with van der Waals surface area (Å²) in [7, 11) is 3.96. The van der Waals surface area contributed by atoms with Gasteiger partial charge < -0.3 is 20.4 Å². The third-order valence-corrected chi connectivity index (χ3v) is 5.81. The molecule has 1 fully saturated rings. The number of aromatic nitrogens is 2. The predicted molar refractivity (Wildman–Crippen MR) is 113 cm³/mol. The molecule has 3 heterocycles. The second-order valence-electron chi connectivity index (χ2n) is 6.83. The fourth-order valence-electron chi connectivity index (χ4n) is 3.09. The van der Waals surface area contributed by atoms with Crippen molar-refractivity contribution in [3.05, 3.63) is 39.5 Å². The molecule has 1 aliphatic rings. The van der Waals surface area contributed by atoms with Crippen molar-refractivity contribution < 1.29 is 0 Å². The number of guanidine groups is 1. The Bertz CT molecular complexity index is 778. The summed E-state index contributed by atoms with van der Waals surface area (Å²) in [6.45, 7) is 9.75. The van der Waals surface area contributed by atoms with Crippen LogP contribution in [0.4, 0.5) is 5.82 Å². The highest BCUT2D eigenvalue weighted by molar-refractivity contribution is 7.11. The van der Waals surface area contributed by atoms with Crippen LogP contribution in [-0.4, -0.2) is 61.1 Å². The van der Waals surface area contributed by atoms with E-state index >= 15 is 0 Å². The Hall–Kier alpha value is -2.19. The van der Waals surface area contributed by atoms with Gasteiger partial charge in [-0.3, -0.25) is 4.99 Å². The number of aryl methyl sites for hydroxylation is 2. The van der Waals surface area contributed by atoms with E-state index in [0.717, 1.165) is 55.2 Å². The molecule has 0 saturated carbocycles. The summed E-state index contributed by atoms with van der Waals surface area (Å²) in [6, 6.07) is 4.22. The Labute approximate surface area is 165 Å². The zero-order chi connectivity index (χ0) is 19.2. The predicted octanol–water partition coefficient (Wildman–Crippen LogP) is 1.77. The SMILES string of the molecule is CN=C(NCc1ccnc(N2CCN(C)CC2)c1)NCc1sc(C)nc1C. The summed E-state index contributed by atoms with van der Waals surface area (Å²) in [4.78, 5) is 19.3.